The highest BCUT2D eigenvalue weighted by Crippen LogP contribution is 2.21. The third-order valence-corrected chi connectivity index (χ3v) is 5.30. The molecule has 0 fully saturated rings. The number of benzene rings is 2. The Hall–Kier alpha value is -2.57. The van der Waals surface area contributed by atoms with Crippen LogP contribution < -0.4 is 10.9 Å². The molecule has 0 atom stereocenters. The fourth-order valence-corrected chi connectivity index (χ4v) is 3.70. The first-order valence-electron chi connectivity index (χ1n) is 8.68. The average Bonchev–Trinajstić information content (AvgIpc) is 2.63. The first kappa shape index (κ1) is 20.2. The van der Waals surface area contributed by atoms with Gasteiger partial charge in [0, 0.05) is 28.8 Å². The van der Waals surface area contributed by atoms with Crippen LogP contribution >= 0.6 is 23.4 Å². The van der Waals surface area contributed by atoms with Crippen LogP contribution in [-0.2, 0) is 4.79 Å². The maximum absolute atomic E-state index is 12.8. The molecule has 144 valence electrons. The summed E-state index contributed by atoms with van der Waals surface area (Å²) in [5, 5.41) is 3.65. The lowest BCUT2D eigenvalue weighted by molar-refractivity contribution is -0.113. The molecule has 0 unspecified atom stereocenters. The second-order valence-electron chi connectivity index (χ2n) is 6.55. The van der Waals surface area contributed by atoms with Crippen molar-refractivity contribution in [3.63, 3.8) is 0 Å². The first-order chi connectivity index (χ1) is 13.3. The van der Waals surface area contributed by atoms with Crippen molar-refractivity contribution >= 4 is 35.0 Å². The van der Waals surface area contributed by atoms with Gasteiger partial charge in [-0.05, 0) is 61.7 Å². The number of hydrogen-bond donors (Lipinski definition) is 1. The Bertz CT molecular complexity index is 1070. The van der Waals surface area contributed by atoms with E-state index in [4.69, 9.17) is 11.6 Å². The topological polar surface area (TPSA) is 64.0 Å². The molecule has 0 saturated carbocycles. The summed E-state index contributed by atoms with van der Waals surface area (Å²) in [6.45, 7) is 5.86. The number of nitrogens with zero attached hydrogens (tertiary/aromatic N) is 2. The van der Waals surface area contributed by atoms with Gasteiger partial charge in [-0.15, -0.1) is 0 Å². The van der Waals surface area contributed by atoms with Crippen molar-refractivity contribution in [2.75, 3.05) is 11.1 Å². The smallest absolute Gasteiger partial charge is 0.287 e. The minimum absolute atomic E-state index is 0.0745. The number of aryl methyl sites for hydroxylation is 3. The summed E-state index contributed by atoms with van der Waals surface area (Å²) in [5.41, 5.74) is 4.26. The van der Waals surface area contributed by atoms with E-state index in [1.807, 2.05) is 45.0 Å². The van der Waals surface area contributed by atoms with Crippen molar-refractivity contribution in [3.05, 3.63) is 80.9 Å². The number of carbonyl (C=O) groups is 1. The Morgan fingerprint density at radius 2 is 1.86 bits per heavy atom. The Balaban J connectivity index is 1.75. The van der Waals surface area contributed by atoms with Gasteiger partial charge in [0.05, 0.1) is 5.75 Å². The van der Waals surface area contributed by atoms with Crippen molar-refractivity contribution < 1.29 is 4.79 Å². The van der Waals surface area contributed by atoms with Gasteiger partial charge in [0.25, 0.3) is 5.56 Å². The lowest BCUT2D eigenvalue weighted by Crippen LogP contribution is -2.22. The predicted molar refractivity (Wildman–Crippen MR) is 115 cm³/mol. The van der Waals surface area contributed by atoms with E-state index >= 15 is 0 Å². The molecule has 0 aliphatic rings. The van der Waals surface area contributed by atoms with Crippen LogP contribution in [0.2, 0.25) is 5.02 Å². The minimum atomic E-state index is -0.246. The van der Waals surface area contributed by atoms with Crippen LogP contribution in [-0.4, -0.2) is 21.2 Å². The molecule has 2 aromatic carbocycles. The molecule has 0 spiro atoms. The lowest BCUT2D eigenvalue weighted by atomic mass is 10.1. The average molecular weight is 414 g/mol. The van der Waals surface area contributed by atoms with Gasteiger partial charge in [-0.2, -0.15) is 0 Å². The second-order valence-corrected chi connectivity index (χ2v) is 7.95. The summed E-state index contributed by atoms with van der Waals surface area (Å²) in [4.78, 5) is 29.2. The fraction of sp³-hybridized carbons (Fsp3) is 0.190. The van der Waals surface area contributed by atoms with Crippen molar-refractivity contribution in [1.82, 2.24) is 9.55 Å². The molecule has 1 amide bonds. The number of carbonyl (C=O) groups excluding carboxylic acids is 1. The Labute approximate surface area is 172 Å². The van der Waals surface area contributed by atoms with Crippen LogP contribution in [0.5, 0.6) is 0 Å². The van der Waals surface area contributed by atoms with E-state index in [0.29, 0.717) is 10.7 Å². The summed E-state index contributed by atoms with van der Waals surface area (Å²) in [7, 11) is 0. The molecule has 5 nitrogen and oxygen atoms in total. The molecular formula is C21H20ClN3O2S. The molecule has 0 bridgehead atoms. The van der Waals surface area contributed by atoms with Crippen molar-refractivity contribution in [3.8, 4) is 5.69 Å². The van der Waals surface area contributed by atoms with E-state index in [1.54, 1.807) is 29.1 Å². The molecule has 3 rings (SSSR count). The van der Waals surface area contributed by atoms with E-state index < -0.39 is 0 Å². The molecule has 0 aliphatic heterocycles. The summed E-state index contributed by atoms with van der Waals surface area (Å²) in [5.74, 6) is -0.149. The normalized spacial score (nSPS) is 10.7. The van der Waals surface area contributed by atoms with Crippen LogP contribution in [0.3, 0.4) is 0 Å². The highest BCUT2D eigenvalue weighted by Gasteiger charge is 2.12. The van der Waals surface area contributed by atoms with Crippen molar-refractivity contribution in [1.29, 1.82) is 0 Å². The van der Waals surface area contributed by atoms with E-state index in [2.05, 4.69) is 10.3 Å². The molecular weight excluding hydrogens is 394 g/mol. The SMILES string of the molecule is Cc1cc(C)cc(-n2ccnc(SCC(=O)Nc3cc(Cl)ccc3C)c2=O)c1. The number of halogens is 1. The number of aromatic nitrogens is 2. The largest absolute Gasteiger partial charge is 0.325 e. The zero-order chi connectivity index (χ0) is 20.3. The van der Waals surface area contributed by atoms with Gasteiger partial charge in [-0.25, -0.2) is 4.98 Å². The zero-order valence-corrected chi connectivity index (χ0v) is 17.4. The van der Waals surface area contributed by atoms with Crippen LogP contribution in [0, 0.1) is 20.8 Å². The molecule has 0 saturated heterocycles. The van der Waals surface area contributed by atoms with Gasteiger partial charge in [-0.3, -0.25) is 14.2 Å². The highest BCUT2D eigenvalue weighted by atomic mass is 35.5. The van der Waals surface area contributed by atoms with E-state index in [-0.39, 0.29) is 22.2 Å². The molecule has 7 heteroatoms. The quantitative estimate of drug-likeness (QED) is 0.623. The van der Waals surface area contributed by atoms with Gasteiger partial charge in [0.15, 0.2) is 5.03 Å². The monoisotopic (exact) mass is 413 g/mol. The van der Waals surface area contributed by atoms with E-state index in [0.717, 1.165) is 34.1 Å². The second kappa shape index (κ2) is 8.63. The van der Waals surface area contributed by atoms with E-state index in [9.17, 15) is 9.59 Å². The lowest BCUT2D eigenvalue weighted by Gasteiger charge is -2.10. The third-order valence-electron chi connectivity index (χ3n) is 4.11. The molecule has 0 aliphatic carbocycles. The molecule has 1 aromatic heterocycles. The Morgan fingerprint density at radius 3 is 2.57 bits per heavy atom. The number of hydrogen-bond acceptors (Lipinski definition) is 4. The number of anilines is 1. The summed E-state index contributed by atoms with van der Waals surface area (Å²) in [6, 6.07) is 11.2. The molecule has 3 aromatic rings. The first-order valence-corrected chi connectivity index (χ1v) is 10.0. The predicted octanol–water partition coefficient (Wildman–Crippen LogP) is 4.54. The number of rotatable bonds is 5. The number of amides is 1. The van der Waals surface area contributed by atoms with Gasteiger partial charge in [0.2, 0.25) is 5.91 Å². The van der Waals surface area contributed by atoms with Crippen LogP contribution in [0.15, 0.2) is 58.6 Å². The third kappa shape index (κ3) is 4.82. The van der Waals surface area contributed by atoms with Crippen LogP contribution in [0.25, 0.3) is 5.69 Å². The van der Waals surface area contributed by atoms with Crippen molar-refractivity contribution in [2.24, 2.45) is 0 Å². The van der Waals surface area contributed by atoms with E-state index in [1.165, 1.54) is 0 Å². The molecule has 1 heterocycles. The summed E-state index contributed by atoms with van der Waals surface area (Å²) < 4.78 is 1.55. The van der Waals surface area contributed by atoms with Gasteiger partial charge >= 0.3 is 0 Å². The molecule has 1 N–H and O–H groups in total. The van der Waals surface area contributed by atoms with Crippen LogP contribution in [0.4, 0.5) is 5.69 Å². The molecule has 28 heavy (non-hydrogen) atoms. The van der Waals surface area contributed by atoms with Gasteiger partial charge in [0.1, 0.15) is 0 Å². The minimum Gasteiger partial charge on any atom is -0.325 e. The fourth-order valence-electron chi connectivity index (χ4n) is 2.83. The zero-order valence-electron chi connectivity index (χ0n) is 15.8. The maximum Gasteiger partial charge on any atom is 0.287 e. The summed E-state index contributed by atoms with van der Waals surface area (Å²) in [6.07, 6.45) is 3.20. The molecule has 0 radical (unpaired) electrons. The number of thioether (sulfide) groups is 1. The van der Waals surface area contributed by atoms with Crippen LogP contribution in [0.1, 0.15) is 16.7 Å². The van der Waals surface area contributed by atoms with Crippen molar-refractivity contribution in [2.45, 2.75) is 25.8 Å². The Kier molecular flexibility index (Phi) is 6.21. The number of nitrogens with one attached hydrogen (secondary N) is 1. The van der Waals surface area contributed by atoms with Gasteiger partial charge in [-0.1, -0.05) is 35.5 Å². The standard InChI is InChI=1S/C21H20ClN3O2S/c1-13-8-14(2)10-17(9-13)25-7-6-23-20(21(25)27)28-12-19(26)24-18-11-16(22)5-4-15(18)3/h4-11H,12H2,1-3H3,(H,24,26). The maximum atomic E-state index is 12.8. The summed E-state index contributed by atoms with van der Waals surface area (Å²) >= 11 is 7.09. The van der Waals surface area contributed by atoms with Gasteiger partial charge < -0.3 is 5.32 Å². The Morgan fingerprint density at radius 1 is 1.14 bits per heavy atom. The highest BCUT2D eigenvalue weighted by molar-refractivity contribution is 7.99.